The summed E-state index contributed by atoms with van der Waals surface area (Å²) in [6, 6.07) is 7.30. The van der Waals surface area contributed by atoms with E-state index in [1.165, 1.54) is 17.4 Å². The van der Waals surface area contributed by atoms with Gasteiger partial charge >= 0.3 is 5.97 Å². The van der Waals surface area contributed by atoms with E-state index in [9.17, 15) is 14.9 Å². The van der Waals surface area contributed by atoms with E-state index in [0.717, 1.165) is 14.9 Å². The predicted octanol–water partition coefficient (Wildman–Crippen LogP) is 5.64. The van der Waals surface area contributed by atoms with Crippen LogP contribution < -0.4 is 10.1 Å². The number of amides is 1. The Kier molecular flexibility index (Phi) is 8.21. The first-order valence-corrected chi connectivity index (χ1v) is 10.9. The van der Waals surface area contributed by atoms with Crippen LogP contribution in [-0.2, 0) is 9.53 Å². The largest absolute Gasteiger partial charge is 0.490 e. The fraction of sp³-hybridized carbons (Fsp3) is 0.318. The van der Waals surface area contributed by atoms with E-state index in [1.807, 2.05) is 32.9 Å². The van der Waals surface area contributed by atoms with Gasteiger partial charge in [-0.2, -0.15) is 5.26 Å². The van der Waals surface area contributed by atoms with Crippen molar-refractivity contribution in [3.05, 3.63) is 49.8 Å². The molecule has 0 bridgehead atoms. The molecular weight excluding hydrogens is 468 g/mol. The summed E-state index contributed by atoms with van der Waals surface area (Å²) < 4.78 is 11.7. The maximum Gasteiger partial charge on any atom is 0.341 e. The topological polar surface area (TPSA) is 88.4 Å². The molecule has 2 rings (SSSR count). The lowest BCUT2D eigenvalue weighted by molar-refractivity contribution is -0.112. The minimum absolute atomic E-state index is 0.0677. The fourth-order valence-corrected chi connectivity index (χ4v) is 4.05. The van der Waals surface area contributed by atoms with Gasteiger partial charge in [-0.05, 0) is 64.5 Å². The number of nitriles is 1. The van der Waals surface area contributed by atoms with Gasteiger partial charge in [0.25, 0.3) is 5.91 Å². The van der Waals surface area contributed by atoms with E-state index in [4.69, 9.17) is 9.47 Å². The molecule has 8 heteroatoms. The molecule has 0 aliphatic carbocycles. The summed E-state index contributed by atoms with van der Waals surface area (Å²) in [5.41, 5.74) is 1.54. The van der Waals surface area contributed by atoms with Crippen molar-refractivity contribution in [1.82, 2.24) is 0 Å². The highest BCUT2D eigenvalue weighted by Crippen LogP contribution is 2.33. The minimum atomic E-state index is -0.611. The van der Waals surface area contributed by atoms with Crippen LogP contribution in [0.5, 0.6) is 5.75 Å². The summed E-state index contributed by atoms with van der Waals surface area (Å²) in [6.07, 6.45) is 1.40. The number of aryl methyl sites for hydroxylation is 1. The molecule has 1 amide bonds. The second kappa shape index (κ2) is 10.4. The molecular formula is C22H23BrN2O4S. The first-order chi connectivity index (χ1) is 14.2. The Balaban J connectivity index is 2.40. The standard InChI is InChI=1S/C22H23BrN2O4S/c1-6-28-22(27)19-13(4)14(5)30-21(19)25-20(26)16(11-24)9-15-10-17(23)7-8-18(15)29-12(2)3/h7-10,12H,6H2,1-5H3,(H,25,26)/b16-9-. The smallest absolute Gasteiger partial charge is 0.341 e. The van der Waals surface area contributed by atoms with Crippen molar-refractivity contribution >= 4 is 50.2 Å². The molecule has 158 valence electrons. The number of nitrogens with zero attached hydrogens (tertiary/aromatic N) is 1. The van der Waals surface area contributed by atoms with Crippen molar-refractivity contribution < 1.29 is 19.1 Å². The third-order valence-corrected chi connectivity index (χ3v) is 5.71. The molecule has 0 radical (unpaired) electrons. The van der Waals surface area contributed by atoms with Gasteiger partial charge in [-0.1, -0.05) is 15.9 Å². The highest BCUT2D eigenvalue weighted by atomic mass is 79.9. The Hall–Kier alpha value is -2.63. The molecule has 1 aromatic carbocycles. The lowest BCUT2D eigenvalue weighted by Crippen LogP contribution is -2.16. The number of hydrogen-bond donors (Lipinski definition) is 1. The van der Waals surface area contributed by atoms with E-state index in [-0.39, 0.29) is 18.3 Å². The zero-order chi connectivity index (χ0) is 22.4. The SMILES string of the molecule is CCOC(=O)c1c(NC(=O)/C(C#N)=C\c2cc(Br)ccc2OC(C)C)sc(C)c1C. The van der Waals surface area contributed by atoms with Crippen LogP contribution in [-0.4, -0.2) is 24.6 Å². The van der Waals surface area contributed by atoms with Crippen LogP contribution in [0, 0.1) is 25.2 Å². The molecule has 0 aliphatic heterocycles. The van der Waals surface area contributed by atoms with Crippen LogP contribution in [0.2, 0.25) is 0 Å². The summed E-state index contributed by atoms with van der Waals surface area (Å²) in [5.74, 6) is -0.555. The number of thiophene rings is 1. The molecule has 6 nitrogen and oxygen atoms in total. The zero-order valence-electron chi connectivity index (χ0n) is 17.5. The highest BCUT2D eigenvalue weighted by molar-refractivity contribution is 9.10. The first-order valence-electron chi connectivity index (χ1n) is 9.34. The van der Waals surface area contributed by atoms with Crippen LogP contribution >= 0.6 is 27.3 Å². The summed E-state index contributed by atoms with van der Waals surface area (Å²) in [4.78, 5) is 26.0. The summed E-state index contributed by atoms with van der Waals surface area (Å²) in [5, 5.41) is 12.6. The molecule has 30 heavy (non-hydrogen) atoms. The van der Waals surface area contributed by atoms with Crippen molar-refractivity contribution in [2.75, 3.05) is 11.9 Å². The quantitative estimate of drug-likeness (QED) is 0.308. The number of anilines is 1. The van der Waals surface area contributed by atoms with E-state index in [0.29, 0.717) is 21.9 Å². The molecule has 1 aromatic heterocycles. The molecule has 1 N–H and O–H groups in total. The van der Waals surface area contributed by atoms with E-state index >= 15 is 0 Å². The second-order valence-electron chi connectivity index (χ2n) is 6.68. The third-order valence-electron chi connectivity index (χ3n) is 4.09. The molecule has 1 heterocycles. The van der Waals surface area contributed by atoms with Crippen LogP contribution in [0.15, 0.2) is 28.2 Å². The Morgan fingerprint density at radius 2 is 2.03 bits per heavy atom. The van der Waals surface area contributed by atoms with Gasteiger partial charge in [0, 0.05) is 14.9 Å². The third kappa shape index (κ3) is 5.71. The van der Waals surface area contributed by atoms with Gasteiger partial charge < -0.3 is 14.8 Å². The molecule has 0 atom stereocenters. The van der Waals surface area contributed by atoms with Crippen molar-refractivity contribution in [1.29, 1.82) is 5.26 Å². The minimum Gasteiger partial charge on any atom is -0.490 e. The molecule has 0 saturated carbocycles. The fourth-order valence-electron chi connectivity index (χ4n) is 2.63. The van der Waals surface area contributed by atoms with Gasteiger partial charge in [-0.3, -0.25) is 4.79 Å². The number of rotatable bonds is 7. The van der Waals surface area contributed by atoms with Gasteiger partial charge in [-0.15, -0.1) is 11.3 Å². The summed E-state index contributed by atoms with van der Waals surface area (Å²) in [7, 11) is 0. The van der Waals surface area contributed by atoms with Crippen molar-refractivity contribution in [3.8, 4) is 11.8 Å². The molecule has 0 unspecified atom stereocenters. The maximum absolute atomic E-state index is 12.8. The first kappa shape index (κ1) is 23.6. The predicted molar refractivity (Wildman–Crippen MR) is 122 cm³/mol. The average molecular weight is 491 g/mol. The monoisotopic (exact) mass is 490 g/mol. The van der Waals surface area contributed by atoms with E-state index in [1.54, 1.807) is 26.0 Å². The van der Waals surface area contributed by atoms with Gasteiger partial charge in [0.05, 0.1) is 18.3 Å². The van der Waals surface area contributed by atoms with E-state index < -0.39 is 11.9 Å². The second-order valence-corrected chi connectivity index (χ2v) is 8.82. The van der Waals surface area contributed by atoms with Crippen molar-refractivity contribution in [2.45, 2.75) is 40.7 Å². The Morgan fingerprint density at radius 1 is 1.33 bits per heavy atom. The Morgan fingerprint density at radius 3 is 2.63 bits per heavy atom. The molecule has 0 spiro atoms. The van der Waals surface area contributed by atoms with Crippen LogP contribution in [0.25, 0.3) is 6.08 Å². The number of nitrogens with one attached hydrogen (secondary N) is 1. The number of carbonyl (C=O) groups excluding carboxylic acids is 2. The molecule has 0 fully saturated rings. The van der Waals surface area contributed by atoms with Gasteiger partial charge in [-0.25, -0.2) is 4.79 Å². The lowest BCUT2D eigenvalue weighted by atomic mass is 10.1. The number of benzene rings is 1. The summed E-state index contributed by atoms with van der Waals surface area (Å²) in [6.45, 7) is 9.39. The Labute approximate surface area is 188 Å². The Bertz CT molecular complexity index is 1030. The number of halogens is 1. The number of carbonyl (C=O) groups is 2. The number of hydrogen-bond acceptors (Lipinski definition) is 6. The summed E-state index contributed by atoms with van der Waals surface area (Å²) >= 11 is 4.67. The number of esters is 1. The van der Waals surface area contributed by atoms with E-state index in [2.05, 4.69) is 21.2 Å². The van der Waals surface area contributed by atoms with Crippen LogP contribution in [0.1, 0.15) is 47.1 Å². The number of ether oxygens (including phenoxy) is 2. The maximum atomic E-state index is 12.8. The highest BCUT2D eigenvalue weighted by Gasteiger charge is 2.23. The molecule has 0 aliphatic rings. The van der Waals surface area contributed by atoms with Gasteiger partial charge in [0.15, 0.2) is 0 Å². The van der Waals surface area contributed by atoms with Crippen LogP contribution in [0.3, 0.4) is 0 Å². The van der Waals surface area contributed by atoms with Crippen molar-refractivity contribution in [3.63, 3.8) is 0 Å². The normalized spacial score (nSPS) is 11.2. The van der Waals surface area contributed by atoms with Gasteiger partial charge in [0.2, 0.25) is 0 Å². The lowest BCUT2D eigenvalue weighted by Gasteiger charge is -2.13. The average Bonchev–Trinajstić information content (AvgIpc) is 2.94. The molecule has 0 saturated heterocycles. The van der Waals surface area contributed by atoms with Crippen molar-refractivity contribution in [2.24, 2.45) is 0 Å². The zero-order valence-corrected chi connectivity index (χ0v) is 19.9. The molecule has 2 aromatic rings. The van der Waals surface area contributed by atoms with Gasteiger partial charge in [0.1, 0.15) is 22.4 Å². The van der Waals surface area contributed by atoms with Crippen LogP contribution in [0.4, 0.5) is 5.00 Å².